The molecule has 5 nitrogen and oxygen atoms in total. The number of hydrogen-bond donors (Lipinski definition) is 1. The zero-order valence-corrected chi connectivity index (χ0v) is 15.2. The van der Waals surface area contributed by atoms with Gasteiger partial charge in [0.25, 0.3) is 0 Å². The summed E-state index contributed by atoms with van der Waals surface area (Å²) >= 11 is 6.93. The molecule has 0 radical (unpaired) electrons. The van der Waals surface area contributed by atoms with Crippen LogP contribution in [0.25, 0.3) is 11.0 Å². The third-order valence-corrected chi connectivity index (χ3v) is 4.43. The van der Waals surface area contributed by atoms with Crippen molar-refractivity contribution in [2.24, 2.45) is 0 Å². The lowest BCUT2D eigenvalue weighted by Crippen LogP contribution is -2.00. The van der Waals surface area contributed by atoms with E-state index >= 15 is 0 Å². The van der Waals surface area contributed by atoms with Gasteiger partial charge in [0, 0.05) is 17.9 Å². The second kappa shape index (κ2) is 5.89. The number of nitrogens with zero attached hydrogens (tertiary/aromatic N) is 3. The van der Waals surface area contributed by atoms with E-state index in [1.54, 1.807) is 12.1 Å². The molecule has 0 saturated heterocycles. The monoisotopic (exact) mass is 424 g/mol. The minimum absolute atomic E-state index is 0.315. The van der Waals surface area contributed by atoms with Crippen molar-refractivity contribution in [2.45, 2.75) is 19.9 Å². The Morgan fingerprint density at radius 1 is 1.18 bits per heavy atom. The lowest BCUT2D eigenvalue weighted by molar-refractivity contribution is 0.462. The first-order valence-corrected chi connectivity index (χ1v) is 8.30. The van der Waals surface area contributed by atoms with Crippen molar-refractivity contribution in [1.29, 1.82) is 0 Å². The Morgan fingerprint density at radius 3 is 2.50 bits per heavy atom. The second-order valence-corrected chi connectivity index (χ2v) is 6.86. The fourth-order valence-electron chi connectivity index (χ4n) is 2.22. The summed E-state index contributed by atoms with van der Waals surface area (Å²) in [7, 11) is 0. The van der Waals surface area contributed by atoms with E-state index in [4.69, 9.17) is 10.5 Å². The van der Waals surface area contributed by atoms with Gasteiger partial charge in [0.2, 0.25) is 5.88 Å². The van der Waals surface area contributed by atoms with E-state index in [0.717, 1.165) is 20.0 Å². The van der Waals surface area contributed by atoms with Gasteiger partial charge < -0.3 is 15.0 Å². The smallest absolute Gasteiger partial charge is 0.231 e. The molecule has 0 fully saturated rings. The van der Waals surface area contributed by atoms with Gasteiger partial charge in [-0.25, -0.2) is 9.97 Å². The zero-order valence-electron chi connectivity index (χ0n) is 12.0. The molecule has 0 bridgehead atoms. The largest absolute Gasteiger partial charge is 0.436 e. The van der Waals surface area contributed by atoms with Crippen molar-refractivity contribution in [3.63, 3.8) is 0 Å². The molecule has 1 aromatic carbocycles. The van der Waals surface area contributed by atoms with Crippen molar-refractivity contribution in [3.8, 4) is 11.6 Å². The Morgan fingerprint density at radius 2 is 1.86 bits per heavy atom. The van der Waals surface area contributed by atoms with Gasteiger partial charge in [-0.1, -0.05) is 0 Å². The SMILES string of the molecule is CC(C)n1ccc2c(Oc3c(Br)cc(N)cc3Br)ncnc21. The fraction of sp³-hybridized carbons (Fsp3) is 0.200. The molecule has 3 aromatic rings. The van der Waals surface area contributed by atoms with E-state index in [1.807, 2.05) is 12.3 Å². The van der Waals surface area contributed by atoms with Crippen LogP contribution in [0.15, 0.2) is 39.7 Å². The maximum Gasteiger partial charge on any atom is 0.231 e. The molecule has 7 heteroatoms. The second-order valence-electron chi connectivity index (χ2n) is 5.15. The molecule has 0 atom stereocenters. The first-order chi connectivity index (χ1) is 10.5. The van der Waals surface area contributed by atoms with E-state index in [-0.39, 0.29) is 0 Å². The maximum atomic E-state index is 5.99. The Balaban J connectivity index is 2.09. The molecule has 0 aliphatic carbocycles. The normalized spacial score (nSPS) is 11.3. The van der Waals surface area contributed by atoms with Crippen LogP contribution in [-0.2, 0) is 0 Å². The summed E-state index contributed by atoms with van der Waals surface area (Å²) in [6.07, 6.45) is 3.50. The number of rotatable bonds is 3. The molecule has 2 N–H and O–H groups in total. The highest BCUT2D eigenvalue weighted by Crippen LogP contribution is 2.39. The van der Waals surface area contributed by atoms with E-state index in [1.165, 1.54) is 6.33 Å². The van der Waals surface area contributed by atoms with E-state index in [9.17, 15) is 0 Å². The quantitative estimate of drug-likeness (QED) is 0.605. The molecule has 0 aliphatic rings. The molecular formula is C15H14Br2N4O. The van der Waals surface area contributed by atoms with Gasteiger partial charge in [0.05, 0.1) is 14.3 Å². The van der Waals surface area contributed by atoms with Gasteiger partial charge in [0.15, 0.2) is 5.75 Å². The van der Waals surface area contributed by atoms with Crippen LogP contribution in [0.2, 0.25) is 0 Å². The fourth-order valence-corrected chi connectivity index (χ4v) is 3.60. The number of halogens is 2. The summed E-state index contributed by atoms with van der Waals surface area (Å²) in [6.45, 7) is 4.21. The van der Waals surface area contributed by atoms with Crippen LogP contribution in [0, 0.1) is 0 Å². The predicted octanol–water partition coefficient (Wildman–Crippen LogP) is 4.91. The molecule has 0 saturated carbocycles. The molecule has 0 spiro atoms. The summed E-state index contributed by atoms with van der Waals surface area (Å²) in [5.74, 6) is 1.14. The van der Waals surface area contributed by atoms with Gasteiger partial charge in [-0.15, -0.1) is 0 Å². The highest BCUT2D eigenvalue weighted by atomic mass is 79.9. The van der Waals surface area contributed by atoms with Crippen LogP contribution >= 0.6 is 31.9 Å². The third kappa shape index (κ3) is 2.70. The highest BCUT2D eigenvalue weighted by molar-refractivity contribution is 9.11. The number of anilines is 1. The molecule has 114 valence electrons. The number of aromatic nitrogens is 3. The number of nitrogens with two attached hydrogens (primary N) is 1. The Kier molecular flexibility index (Phi) is 4.10. The average molecular weight is 426 g/mol. The molecule has 0 unspecified atom stereocenters. The molecule has 0 aliphatic heterocycles. The van der Waals surface area contributed by atoms with Crippen molar-refractivity contribution in [3.05, 3.63) is 39.7 Å². The number of hydrogen-bond acceptors (Lipinski definition) is 4. The van der Waals surface area contributed by atoms with Gasteiger partial charge >= 0.3 is 0 Å². The summed E-state index contributed by atoms with van der Waals surface area (Å²) in [5, 5.41) is 0.867. The van der Waals surface area contributed by atoms with Crippen LogP contribution in [0.4, 0.5) is 5.69 Å². The molecule has 0 amide bonds. The Bertz CT molecular complexity index is 822. The van der Waals surface area contributed by atoms with Crippen LogP contribution in [-0.4, -0.2) is 14.5 Å². The molecule has 22 heavy (non-hydrogen) atoms. The molecule has 2 aromatic heterocycles. The number of fused-ring (bicyclic) bond motifs is 1. The van der Waals surface area contributed by atoms with Gasteiger partial charge in [-0.2, -0.15) is 0 Å². The minimum atomic E-state index is 0.315. The minimum Gasteiger partial charge on any atom is -0.436 e. The summed E-state index contributed by atoms with van der Waals surface area (Å²) in [5.41, 5.74) is 7.30. The van der Waals surface area contributed by atoms with E-state index < -0.39 is 0 Å². The molecular weight excluding hydrogens is 412 g/mol. The number of nitrogen functional groups attached to an aromatic ring is 1. The standard InChI is InChI=1S/C15H14Br2N4O/c1-8(2)21-4-3-10-14(21)19-7-20-15(10)22-13-11(16)5-9(18)6-12(13)17/h3-8H,18H2,1-2H3. The molecule has 3 rings (SSSR count). The first-order valence-electron chi connectivity index (χ1n) is 6.71. The lowest BCUT2D eigenvalue weighted by Gasteiger charge is -2.11. The Labute approximate surface area is 144 Å². The summed E-state index contributed by atoms with van der Waals surface area (Å²) in [4.78, 5) is 8.61. The van der Waals surface area contributed by atoms with E-state index in [2.05, 4.69) is 60.2 Å². The average Bonchev–Trinajstić information content (AvgIpc) is 2.87. The molecule has 2 heterocycles. The Hall–Kier alpha value is -1.60. The van der Waals surface area contributed by atoms with Crippen molar-refractivity contribution in [1.82, 2.24) is 14.5 Å². The number of ether oxygens (including phenoxy) is 1. The highest BCUT2D eigenvalue weighted by Gasteiger charge is 2.15. The van der Waals surface area contributed by atoms with Crippen LogP contribution < -0.4 is 10.5 Å². The zero-order chi connectivity index (χ0) is 15.9. The van der Waals surface area contributed by atoms with Crippen molar-refractivity contribution >= 4 is 48.6 Å². The lowest BCUT2D eigenvalue weighted by atomic mass is 10.3. The van der Waals surface area contributed by atoms with Crippen LogP contribution in [0.3, 0.4) is 0 Å². The van der Waals surface area contributed by atoms with Gasteiger partial charge in [-0.05, 0) is 63.9 Å². The van der Waals surface area contributed by atoms with Crippen molar-refractivity contribution in [2.75, 3.05) is 5.73 Å². The summed E-state index contributed by atoms with van der Waals surface area (Å²) in [6, 6.07) is 5.86. The van der Waals surface area contributed by atoms with E-state index in [0.29, 0.717) is 23.4 Å². The third-order valence-electron chi connectivity index (χ3n) is 3.25. The topological polar surface area (TPSA) is 66.0 Å². The first kappa shape index (κ1) is 15.3. The van der Waals surface area contributed by atoms with Gasteiger partial charge in [-0.3, -0.25) is 0 Å². The van der Waals surface area contributed by atoms with Crippen LogP contribution in [0.1, 0.15) is 19.9 Å². The van der Waals surface area contributed by atoms with Crippen LogP contribution in [0.5, 0.6) is 11.6 Å². The maximum absolute atomic E-state index is 5.99. The predicted molar refractivity (Wildman–Crippen MR) is 94.2 cm³/mol. The van der Waals surface area contributed by atoms with Crippen molar-refractivity contribution < 1.29 is 4.74 Å². The van der Waals surface area contributed by atoms with Gasteiger partial charge in [0.1, 0.15) is 12.0 Å². The number of benzene rings is 1. The summed E-state index contributed by atoms with van der Waals surface area (Å²) < 4.78 is 9.59.